The van der Waals surface area contributed by atoms with Gasteiger partial charge in [-0.2, -0.15) is 0 Å². The summed E-state index contributed by atoms with van der Waals surface area (Å²) in [7, 11) is 1.62. The lowest BCUT2D eigenvalue weighted by Crippen LogP contribution is -2.20. The van der Waals surface area contributed by atoms with Gasteiger partial charge in [0, 0.05) is 17.0 Å². The highest BCUT2D eigenvalue weighted by atomic mass is 16.5. The number of hydrogen-bond acceptors (Lipinski definition) is 3. The number of rotatable bonds is 2. The van der Waals surface area contributed by atoms with Crippen LogP contribution in [0.25, 0.3) is 33.3 Å². The number of methoxy groups -OCH3 is 1. The lowest BCUT2D eigenvalue weighted by Gasteiger charge is -2.11. The molecule has 0 N–H and O–H groups in total. The van der Waals surface area contributed by atoms with Crippen LogP contribution in [0.4, 0.5) is 0 Å². The number of benzene rings is 2. The molecule has 0 saturated heterocycles. The van der Waals surface area contributed by atoms with Crippen LogP contribution in [0.1, 0.15) is 0 Å². The average molecular weight is 341 g/mol. The van der Waals surface area contributed by atoms with Gasteiger partial charge < -0.3 is 4.74 Å². The van der Waals surface area contributed by atoms with Gasteiger partial charge in [-0.1, -0.05) is 24.3 Å². The Morgan fingerprint density at radius 1 is 0.885 bits per heavy atom. The lowest BCUT2D eigenvalue weighted by atomic mass is 10.1. The number of ether oxygens (including phenoxy) is 1. The molecular weight excluding hydrogens is 326 g/mol. The van der Waals surface area contributed by atoms with Crippen molar-refractivity contribution in [3.63, 3.8) is 0 Å². The number of hydrogen-bond donors (Lipinski definition) is 0. The number of aromatic nitrogens is 3. The van der Waals surface area contributed by atoms with Crippen molar-refractivity contribution in [3.8, 4) is 11.4 Å². The fourth-order valence-corrected chi connectivity index (χ4v) is 3.44. The minimum absolute atomic E-state index is 0.0658. The first-order valence-corrected chi connectivity index (χ1v) is 8.33. The third kappa shape index (κ3) is 1.97. The summed E-state index contributed by atoms with van der Waals surface area (Å²) >= 11 is 0. The molecule has 5 heteroatoms. The molecule has 0 radical (unpaired) electrons. The number of pyridine rings is 2. The van der Waals surface area contributed by atoms with Crippen LogP contribution in [0.5, 0.6) is 5.75 Å². The van der Waals surface area contributed by atoms with Gasteiger partial charge in [0.1, 0.15) is 16.9 Å². The first kappa shape index (κ1) is 14.7. The molecule has 5 aromatic rings. The second-order valence-corrected chi connectivity index (χ2v) is 6.10. The average Bonchev–Trinajstić information content (AvgIpc) is 3.08. The fourth-order valence-electron chi connectivity index (χ4n) is 3.44. The highest BCUT2D eigenvalue weighted by molar-refractivity contribution is 6.04. The largest absolute Gasteiger partial charge is 0.497 e. The molecule has 0 fully saturated rings. The minimum atomic E-state index is -0.0658. The van der Waals surface area contributed by atoms with Gasteiger partial charge in [-0.3, -0.25) is 13.8 Å². The molecule has 0 aliphatic rings. The van der Waals surface area contributed by atoms with Crippen molar-refractivity contribution in [1.82, 2.24) is 14.0 Å². The van der Waals surface area contributed by atoms with Crippen molar-refractivity contribution in [1.29, 1.82) is 0 Å². The topological polar surface area (TPSA) is 48.5 Å². The Morgan fingerprint density at radius 2 is 1.62 bits per heavy atom. The highest BCUT2D eigenvalue weighted by Crippen LogP contribution is 2.26. The van der Waals surface area contributed by atoms with Gasteiger partial charge in [0.05, 0.1) is 12.8 Å². The van der Waals surface area contributed by atoms with Gasteiger partial charge in [-0.05, 0) is 42.5 Å². The number of nitrogens with zero attached hydrogens (tertiary/aromatic N) is 3. The zero-order valence-corrected chi connectivity index (χ0v) is 14.1. The zero-order valence-electron chi connectivity index (χ0n) is 14.1. The van der Waals surface area contributed by atoms with E-state index < -0.39 is 0 Å². The van der Waals surface area contributed by atoms with Crippen molar-refractivity contribution < 1.29 is 4.74 Å². The van der Waals surface area contributed by atoms with Crippen LogP contribution >= 0.6 is 0 Å². The van der Waals surface area contributed by atoms with Crippen LogP contribution in [-0.4, -0.2) is 21.1 Å². The van der Waals surface area contributed by atoms with Gasteiger partial charge in [0.2, 0.25) is 0 Å². The molecule has 3 heterocycles. The third-order valence-corrected chi connectivity index (χ3v) is 4.66. The van der Waals surface area contributed by atoms with Gasteiger partial charge in [-0.15, -0.1) is 0 Å². The summed E-state index contributed by atoms with van der Waals surface area (Å²) in [5.74, 6) is 0.747. The van der Waals surface area contributed by atoms with Gasteiger partial charge >= 0.3 is 0 Å². The Kier molecular flexibility index (Phi) is 3.09. The normalized spacial score (nSPS) is 11.4. The molecule has 0 saturated carbocycles. The molecular formula is C21H15N3O2. The van der Waals surface area contributed by atoms with Crippen LogP contribution in [0, 0.1) is 0 Å². The summed E-state index contributed by atoms with van der Waals surface area (Å²) in [4.78, 5) is 18.1. The maximum Gasteiger partial charge on any atom is 0.264 e. The monoisotopic (exact) mass is 341 g/mol. The van der Waals surface area contributed by atoms with Crippen molar-refractivity contribution in [2.24, 2.45) is 0 Å². The number of fused-ring (bicyclic) bond motifs is 5. The molecule has 5 nitrogen and oxygen atoms in total. The number of imidazole rings is 1. The molecule has 126 valence electrons. The summed E-state index contributed by atoms with van der Waals surface area (Å²) < 4.78 is 8.91. The van der Waals surface area contributed by atoms with Gasteiger partial charge in [0.25, 0.3) is 5.56 Å². The Bertz CT molecular complexity index is 1330. The van der Waals surface area contributed by atoms with E-state index in [4.69, 9.17) is 9.72 Å². The van der Waals surface area contributed by atoms with Crippen LogP contribution in [0.15, 0.2) is 77.7 Å². The summed E-state index contributed by atoms with van der Waals surface area (Å²) in [6, 6.07) is 20.9. The van der Waals surface area contributed by atoms with E-state index in [9.17, 15) is 4.79 Å². The quantitative estimate of drug-likeness (QED) is 0.491. The molecule has 2 aromatic carbocycles. The van der Waals surface area contributed by atoms with Crippen molar-refractivity contribution in [2.45, 2.75) is 0 Å². The zero-order chi connectivity index (χ0) is 17.7. The first-order valence-electron chi connectivity index (χ1n) is 8.33. The van der Waals surface area contributed by atoms with Crippen molar-refractivity contribution in [2.75, 3.05) is 7.11 Å². The lowest BCUT2D eigenvalue weighted by molar-refractivity contribution is 0.414. The molecule has 26 heavy (non-hydrogen) atoms. The van der Waals surface area contributed by atoms with Crippen LogP contribution in [0.2, 0.25) is 0 Å². The molecule has 0 spiro atoms. The first-order chi connectivity index (χ1) is 12.8. The van der Waals surface area contributed by atoms with E-state index in [1.54, 1.807) is 11.7 Å². The van der Waals surface area contributed by atoms with Gasteiger partial charge in [-0.25, -0.2) is 4.98 Å². The van der Waals surface area contributed by atoms with E-state index in [1.807, 2.05) is 77.3 Å². The molecule has 0 aliphatic heterocycles. The predicted molar refractivity (Wildman–Crippen MR) is 102 cm³/mol. The van der Waals surface area contributed by atoms with E-state index >= 15 is 0 Å². The maximum absolute atomic E-state index is 13.3. The molecule has 0 aliphatic carbocycles. The van der Waals surface area contributed by atoms with E-state index in [1.165, 1.54) is 0 Å². The van der Waals surface area contributed by atoms with E-state index in [0.29, 0.717) is 5.39 Å². The fraction of sp³-hybridized carbons (Fsp3) is 0.0476. The minimum Gasteiger partial charge on any atom is -0.497 e. The van der Waals surface area contributed by atoms with Crippen LogP contribution < -0.4 is 10.3 Å². The van der Waals surface area contributed by atoms with Crippen molar-refractivity contribution >= 4 is 27.6 Å². The van der Waals surface area contributed by atoms with E-state index in [0.717, 1.165) is 33.6 Å². The molecule has 0 bridgehead atoms. The smallest absolute Gasteiger partial charge is 0.264 e. The van der Waals surface area contributed by atoms with Crippen LogP contribution in [-0.2, 0) is 0 Å². The second kappa shape index (κ2) is 5.46. The SMILES string of the molecule is COc1ccc(-n2c(=O)c3ccccc3c3nc4ccccn4c32)cc1. The molecule has 0 atom stereocenters. The predicted octanol–water partition coefficient (Wildman–Crippen LogP) is 3.80. The van der Waals surface area contributed by atoms with Gasteiger partial charge in [0.15, 0.2) is 5.65 Å². The molecule has 5 rings (SSSR count). The Labute approximate surface area is 148 Å². The third-order valence-electron chi connectivity index (χ3n) is 4.66. The highest BCUT2D eigenvalue weighted by Gasteiger charge is 2.17. The standard InChI is InChI=1S/C21H15N3O2/c1-26-15-11-9-14(10-12-15)24-20-19(22-18-8-4-5-13-23(18)20)16-6-2-3-7-17(16)21(24)25/h2-13H,1H3. The Hall–Kier alpha value is -3.60. The van der Waals surface area contributed by atoms with Crippen LogP contribution in [0.3, 0.4) is 0 Å². The Balaban J connectivity index is 2.02. The van der Waals surface area contributed by atoms with E-state index in [2.05, 4.69) is 0 Å². The van der Waals surface area contributed by atoms with E-state index in [-0.39, 0.29) is 5.56 Å². The maximum atomic E-state index is 13.3. The molecule has 0 unspecified atom stereocenters. The summed E-state index contributed by atoms with van der Waals surface area (Å²) in [6.45, 7) is 0. The second-order valence-electron chi connectivity index (χ2n) is 6.10. The summed E-state index contributed by atoms with van der Waals surface area (Å²) in [5.41, 5.74) is 3.08. The molecule has 0 amide bonds. The molecule has 3 aromatic heterocycles. The summed E-state index contributed by atoms with van der Waals surface area (Å²) in [5, 5.41) is 1.51. The van der Waals surface area contributed by atoms with Crippen molar-refractivity contribution in [3.05, 3.63) is 83.3 Å². The summed E-state index contributed by atoms with van der Waals surface area (Å²) in [6.07, 6.45) is 1.93. The Morgan fingerprint density at radius 3 is 2.38 bits per heavy atom.